The molecule has 3 nitrogen and oxygen atoms in total. The number of alkyl halides is 1. The molecule has 1 rings (SSSR count). The Hall–Kier alpha value is -0.640. The minimum atomic E-state index is -0.922. The van der Waals surface area contributed by atoms with Crippen LogP contribution in [0.5, 0.6) is 0 Å². The maximum Gasteiger partial charge on any atom is 0.251 e. The maximum atomic E-state index is 12.1. The lowest BCUT2D eigenvalue weighted by Gasteiger charge is -2.37. The zero-order valence-electron chi connectivity index (χ0n) is 8.90. The second-order valence-corrected chi connectivity index (χ2v) is 4.43. The summed E-state index contributed by atoms with van der Waals surface area (Å²) in [5, 5.41) is 6.00. The fourth-order valence-electron chi connectivity index (χ4n) is 2.04. The summed E-state index contributed by atoms with van der Waals surface area (Å²) in [5.41, 5.74) is -0.286. The molecular formula is C10H19FN2O. The molecule has 0 aromatic rings. The molecule has 1 amide bonds. The third-order valence-corrected chi connectivity index (χ3v) is 2.94. The van der Waals surface area contributed by atoms with Gasteiger partial charge in [-0.25, -0.2) is 4.39 Å². The molecule has 0 atom stereocenters. The molecule has 0 spiro atoms. The van der Waals surface area contributed by atoms with E-state index >= 15 is 0 Å². The normalized spacial score (nSPS) is 19.4. The monoisotopic (exact) mass is 202 g/mol. The predicted molar refractivity (Wildman–Crippen MR) is 53.8 cm³/mol. The van der Waals surface area contributed by atoms with Gasteiger partial charge in [0.05, 0.1) is 0 Å². The van der Waals surface area contributed by atoms with Gasteiger partial charge in [-0.1, -0.05) is 0 Å². The molecule has 1 saturated heterocycles. The van der Waals surface area contributed by atoms with Gasteiger partial charge in [0.2, 0.25) is 0 Å². The van der Waals surface area contributed by atoms with Crippen molar-refractivity contribution >= 4 is 5.91 Å². The summed E-state index contributed by atoms with van der Waals surface area (Å²) in [7, 11) is 0. The average molecular weight is 202 g/mol. The Labute approximate surface area is 84.4 Å². The average Bonchev–Trinajstić information content (AvgIpc) is 2.18. The molecule has 1 heterocycles. The van der Waals surface area contributed by atoms with Crippen molar-refractivity contribution in [3.05, 3.63) is 0 Å². The highest BCUT2D eigenvalue weighted by atomic mass is 19.1. The summed E-state index contributed by atoms with van der Waals surface area (Å²) in [4.78, 5) is 11.0. The first-order chi connectivity index (χ1) is 6.56. The topological polar surface area (TPSA) is 41.1 Å². The van der Waals surface area contributed by atoms with E-state index in [-0.39, 0.29) is 5.54 Å². The lowest BCUT2D eigenvalue weighted by molar-refractivity contribution is -0.124. The molecular weight excluding hydrogens is 183 g/mol. The standard InChI is InChI=1S/C10H19FN2O/c1-10(2,13-9(14)7-11)8-3-5-12-6-4-8/h8,12H,3-7H2,1-2H3,(H,13,14). The quantitative estimate of drug-likeness (QED) is 0.712. The zero-order valence-corrected chi connectivity index (χ0v) is 8.90. The van der Waals surface area contributed by atoms with Crippen LogP contribution in [0, 0.1) is 5.92 Å². The van der Waals surface area contributed by atoms with Crippen molar-refractivity contribution < 1.29 is 9.18 Å². The zero-order chi connectivity index (χ0) is 10.6. The Kier molecular flexibility index (Phi) is 3.86. The smallest absolute Gasteiger partial charge is 0.251 e. The maximum absolute atomic E-state index is 12.1. The molecule has 0 aromatic heterocycles. The number of carbonyl (C=O) groups excluding carboxylic acids is 1. The Bertz CT molecular complexity index is 200. The van der Waals surface area contributed by atoms with Gasteiger partial charge in [-0.15, -0.1) is 0 Å². The van der Waals surface area contributed by atoms with Crippen LogP contribution in [-0.2, 0) is 4.79 Å². The van der Waals surface area contributed by atoms with Crippen molar-refractivity contribution in [2.75, 3.05) is 19.8 Å². The van der Waals surface area contributed by atoms with Crippen molar-refractivity contribution in [3.8, 4) is 0 Å². The van der Waals surface area contributed by atoms with E-state index in [4.69, 9.17) is 0 Å². The van der Waals surface area contributed by atoms with E-state index in [1.165, 1.54) is 0 Å². The van der Waals surface area contributed by atoms with Crippen LogP contribution in [0.15, 0.2) is 0 Å². The van der Waals surface area contributed by atoms with Gasteiger partial charge in [0.25, 0.3) is 5.91 Å². The fraction of sp³-hybridized carbons (Fsp3) is 0.900. The number of hydrogen-bond acceptors (Lipinski definition) is 2. The number of halogens is 1. The molecule has 0 unspecified atom stereocenters. The molecule has 0 saturated carbocycles. The lowest BCUT2D eigenvalue weighted by Crippen LogP contribution is -2.52. The molecule has 0 aliphatic carbocycles. The number of nitrogens with one attached hydrogen (secondary N) is 2. The first-order valence-electron chi connectivity index (χ1n) is 5.14. The third-order valence-electron chi connectivity index (χ3n) is 2.94. The van der Waals surface area contributed by atoms with Crippen molar-refractivity contribution in [2.24, 2.45) is 5.92 Å². The number of rotatable bonds is 3. The molecule has 1 aliphatic rings. The Morgan fingerprint density at radius 3 is 2.57 bits per heavy atom. The van der Waals surface area contributed by atoms with Crippen LogP contribution in [-0.4, -0.2) is 31.2 Å². The van der Waals surface area contributed by atoms with Crippen LogP contribution < -0.4 is 10.6 Å². The molecule has 14 heavy (non-hydrogen) atoms. The summed E-state index contributed by atoms with van der Waals surface area (Å²) in [6.45, 7) is 4.99. The van der Waals surface area contributed by atoms with E-state index in [1.54, 1.807) is 0 Å². The second kappa shape index (κ2) is 4.73. The predicted octanol–water partition coefficient (Wildman–Crippen LogP) is 0.850. The second-order valence-electron chi connectivity index (χ2n) is 4.43. The minimum Gasteiger partial charge on any atom is -0.349 e. The molecule has 0 aromatic carbocycles. The van der Waals surface area contributed by atoms with Gasteiger partial charge >= 0.3 is 0 Å². The fourth-order valence-corrected chi connectivity index (χ4v) is 2.04. The van der Waals surface area contributed by atoms with Gasteiger partial charge in [0.15, 0.2) is 6.67 Å². The summed E-state index contributed by atoms with van der Waals surface area (Å²) in [5.74, 6) is -0.0622. The molecule has 1 aliphatic heterocycles. The number of hydrogen-bond donors (Lipinski definition) is 2. The van der Waals surface area contributed by atoms with Crippen LogP contribution in [0.4, 0.5) is 4.39 Å². The summed E-state index contributed by atoms with van der Waals surface area (Å²) in [6.07, 6.45) is 2.08. The molecule has 0 radical (unpaired) electrons. The van der Waals surface area contributed by atoms with E-state index in [0.29, 0.717) is 5.92 Å². The van der Waals surface area contributed by atoms with Gasteiger partial charge < -0.3 is 10.6 Å². The first-order valence-corrected chi connectivity index (χ1v) is 5.14. The van der Waals surface area contributed by atoms with E-state index in [1.807, 2.05) is 13.8 Å². The van der Waals surface area contributed by atoms with Gasteiger partial charge in [-0.05, 0) is 45.7 Å². The molecule has 1 fully saturated rings. The van der Waals surface area contributed by atoms with Crippen LogP contribution in [0.2, 0.25) is 0 Å². The highest BCUT2D eigenvalue weighted by molar-refractivity contribution is 5.77. The van der Waals surface area contributed by atoms with E-state index < -0.39 is 12.6 Å². The lowest BCUT2D eigenvalue weighted by atomic mass is 9.81. The first kappa shape index (κ1) is 11.4. The SMILES string of the molecule is CC(C)(NC(=O)CF)C1CCNCC1. The van der Waals surface area contributed by atoms with Crippen LogP contribution in [0.25, 0.3) is 0 Å². The molecule has 82 valence electrons. The third kappa shape index (κ3) is 2.94. The molecule has 0 bridgehead atoms. The molecule has 2 N–H and O–H groups in total. The highest BCUT2D eigenvalue weighted by Gasteiger charge is 2.31. The van der Waals surface area contributed by atoms with Gasteiger partial charge in [-0.3, -0.25) is 4.79 Å². The van der Waals surface area contributed by atoms with Crippen molar-refractivity contribution in [1.82, 2.24) is 10.6 Å². The summed E-state index contributed by atoms with van der Waals surface area (Å²) in [6, 6.07) is 0. The Morgan fingerprint density at radius 1 is 1.50 bits per heavy atom. The van der Waals surface area contributed by atoms with Crippen LogP contribution in [0.3, 0.4) is 0 Å². The number of carbonyl (C=O) groups is 1. The summed E-state index contributed by atoms with van der Waals surface area (Å²) < 4.78 is 12.1. The Balaban J connectivity index is 2.49. The van der Waals surface area contributed by atoms with Crippen LogP contribution in [0.1, 0.15) is 26.7 Å². The van der Waals surface area contributed by atoms with Crippen molar-refractivity contribution in [3.63, 3.8) is 0 Å². The van der Waals surface area contributed by atoms with Crippen molar-refractivity contribution in [1.29, 1.82) is 0 Å². The van der Waals surface area contributed by atoms with Gasteiger partial charge in [-0.2, -0.15) is 0 Å². The van der Waals surface area contributed by atoms with Gasteiger partial charge in [0, 0.05) is 5.54 Å². The highest BCUT2D eigenvalue weighted by Crippen LogP contribution is 2.25. The van der Waals surface area contributed by atoms with Crippen molar-refractivity contribution in [2.45, 2.75) is 32.2 Å². The minimum absolute atomic E-state index is 0.286. The Morgan fingerprint density at radius 2 is 2.07 bits per heavy atom. The summed E-state index contributed by atoms with van der Waals surface area (Å²) >= 11 is 0. The number of amides is 1. The molecule has 4 heteroatoms. The van der Waals surface area contributed by atoms with E-state index in [0.717, 1.165) is 25.9 Å². The number of piperidine rings is 1. The van der Waals surface area contributed by atoms with Gasteiger partial charge in [0.1, 0.15) is 0 Å². The largest absolute Gasteiger partial charge is 0.349 e. The van der Waals surface area contributed by atoms with Crippen LogP contribution >= 0.6 is 0 Å². The van der Waals surface area contributed by atoms with E-state index in [9.17, 15) is 9.18 Å². The van der Waals surface area contributed by atoms with E-state index in [2.05, 4.69) is 10.6 Å².